The summed E-state index contributed by atoms with van der Waals surface area (Å²) in [5, 5.41) is 18.1. The van der Waals surface area contributed by atoms with Crippen molar-refractivity contribution in [1.29, 1.82) is 0 Å². The molecule has 14 heteroatoms. The van der Waals surface area contributed by atoms with Crippen LogP contribution in [0.15, 0.2) is 18.2 Å². The highest BCUT2D eigenvalue weighted by molar-refractivity contribution is 7.51. The van der Waals surface area contributed by atoms with Gasteiger partial charge in [-0.3, -0.25) is 14.4 Å². The summed E-state index contributed by atoms with van der Waals surface area (Å²) in [5.41, 5.74) is 1.44. The number of amides is 3. The summed E-state index contributed by atoms with van der Waals surface area (Å²) in [4.78, 5) is 56.2. The highest BCUT2D eigenvalue weighted by Gasteiger charge is 2.18. The third kappa shape index (κ3) is 13.4. The van der Waals surface area contributed by atoms with Crippen LogP contribution in [0.1, 0.15) is 57.1 Å². The van der Waals surface area contributed by atoms with Gasteiger partial charge in [0, 0.05) is 49.1 Å². The fraction of sp³-hybridized carbons (Fsp3) is 0.625. The van der Waals surface area contributed by atoms with Crippen LogP contribution in [0.4, 0.5) is 5.69 Å². The number of nitrogens with one attached hydrogen (secondary N) is 3. The molecule has 0 saturated carbocycles. The van der Waals surface area contributed by atoms with Crippen LogP contribution in [0.5, 0.6) is 0 Å². The average molecular weight is 571 g/mol. The van der Waals surface area contributed by atoms with Crippen LogP contribution in [0.2, 0.25) is 0 Å². The number of anilines is 1. The topological polar surface area (TPSA) is 160 Å². The van der Waals surface area contributed by atoms with Gasteiger partial charge in [-0.2, -0.15) is 0 Å². The number of carbonyl (C=O) groups is 3. The number of rotatable bonds is 19. The standard InChI is InChI=1S/C24H42BN4O7P2/c1-16(2)11-20(27-22(32)13-26-3)25-36-15-18-12-19(10-9-17(18)14-30)29(4)23(33)8-6-5-7-21(31)28-24(37-34)38-35/h9-10,12,16,20,24,26,30,34-35,37-38H,5-8,11,13-15H2,1-4H3,(H,27,32)(H,28,31). The highest BCUT2D eigenvalue weighted by Crippen LogP contribution is 2.25. The van der Waals surface area contributed by atoms with Crippen LogP contribution in [-0.4, -0.2) is 72.2 Å². The van der Waals surface area contributed by atoms with Gasteiger partial charge in [-0.05, 0) is 55.5 Å². The molecule has 213 valence electrons. The molecule has 1 aromatic carbocycles. The smallest absolute Gasteiger partial charge is 0.317 e. The summed E-state index contributed by atoms with van der Waals surface area (Å²) in [6, 6.07) is 5.31. The van der Waals surface area contributed by atoms with Gasteiger partial charge in [-0.1, -0.05) is 19.9 Å². The summed E-state index contributed by atoms with van der Waals surface area (Å²) >= 11 is 0. The third-order valence-electron chi connectivity index (χ3n) is 5.64. The second-order valence-corrected chi connectivity index (χ2v) is 11.6. The van der Waals surface area contributed by atoms with E-state index in [1.165, 1.54) is 4.90 Å². The minimum atomic E-state index is -0.619. The van der Waals surface area contributed by atoms with E-state index < -0.39 is 23.1 Å². The Kier molecular flexibility index (Phi) is 17.6. The average Bonchev–Trinajstić information content (AvgIpc) is 2.88. The highest BCUT2D eigenvalue weighted by atomic mass is 31.1. The Bertz CT molecular complexity index is 878. The summed E-state index contributed by atoms with van der Waals surface area (Å²) in [6.07, 6.45) is 2.19. The van der Waals surface area contributed by atoms with Crippen LogP contribution in [0.25, 0.3) is 0 Å². The van der Waals surface area contributed by atoms with E-state index >= 15 is 0 Å². The first-order valence-electron chi connectivity index (χ1n) is 12.6. The molecule has 0 bridgehead atoms. The van der Waals surface area contributed by atoms with Gasteiger partial charge in [-0.15, -0.1) is 0 Å². The molecular weight excluding hydrogens is 529 g/mol. The first-order chi connectivity index (χ1) is 18.1. The minimum Gasteiger partial charge on any atom is -0.434 e. The van der Waals surface area contributed by atoms with Crippen LogP contribution < -0.4 is 20.9 Å². The van der Waals surface area contributed by atoms with Crippen molar-refractivity contribution in [3.63, 3.8) is 0 Å². The van der Waals surface area contributed by atoms with E-state index in [2.05, 4.69) is 29.8 Å². The van der Waals surface area contributed by atoms with E-state index in [1.807, 2.05) is 0 Å². The zero-order valence-corrected chi connectivity index (χ0v) is 24.6. The molecule has 11 nitrogen and oxygen atoms in total. The fourth-order valence-corrected chi connectivity index (χ4v) is 4.32. The number of likely N-dealkylation sites (N-methyl/N-ethyl adjacent to an activating group) is 1. The largest absolute Gasteiger partial charge is 0.434 e. The Morgan fingerprint density at radius 3 is 2.34 bits per heavy atom. The van der Waals surface area contributed by atoms with E-state index in [0.717, 1.165) is 5.56 Å². The molecule has 3 atom stereocenters. The summed E-state index contributed by atoms with van der Waals surface area (Å²) in [5.74, 6) is -0.425. The van der Waals surface area contributed by atoms with Gasteiger partial charge in [0.2, 0.25) is 17.7 Å². The van der Waals surface area contributed by atoms with Gasteiger partial charge in [-0.25, -0.2) is 0 Å². The molecule has 38 heavy (non-hydrogen) atoms. The first-order valence-corrected chi connectivity index (χ1v) is 14.7. The number of benzene rings is 1. The Morgan fingerprint density at radius 1 is 1.05 bits per heavy atom. The van der Waals surface area contributed by atoms with Gasteiger partial charge in [0.1, 0.15) is 5.52 Å². The monoisotopic (exact) mass is 571 g/mol. The fourth-order valence-electron chi connectivity index (χ4n) is 3.64. The third-order valence-corrected chi connectivity index (χ3v) is 7.22. The quantitative estimate of drug-likeness (QED) is 0.0819. The van der Waals surface area contributed by atoms with Crippen molar-refractivity contribution in [2.75, 3.05) is 25.5 Å². The number of hydrogen-bond acceptors (Lipinski definition) is 8. The van der Waals surface area contributed by atoms with Gasteiger partial charge >= 0.3 is 7.48 Å². The van der Waals surface area contributed by atoms with Crippen LogP contribution >= 0.6 is 17.6 Å². The molecule has 0 aromatic heterocycles. The first kappa shape index (κ1) is 34.4. The normalized spacial score (nSPS) is 13.3. The molecule has 1 rings (SSSR count). The number of aliphatic hydroxyl groups is 1. The number of hydrogen-bond donors (Lipinski definition) is 6. The molecule has 6 N–H and O–H groups in total. The molecule has 0 saturated heterocycles. The SMILES string of the molecule is CNCC(=O)NC([B]OCc1cc(N(C)C(=O)CCCCC(=O)NC(PO)PO)ccc1CO)CC(C)C. The lowest BCUT2D eigenvalue weighted by Crippen LogP contribution is -2.44. The van der Waals surface area contributed by atoms with E-state index in [1.54, 1.807) is 39.8 Å². The molecule has 0 heterocycles. The maximum atomic E-state index is 12.7. The van der Waals surface area contributed by atoms with Gasteiger partial charge in [0.15, 0.2) is 0 Å². The van der Waals surface area contributed by atoms with E-state index in [0.29, 0.717) is 36.4 Å². The van der Waals surface area contributed by atoms with Crippen molar-refractivity contribution in [3.8, 4) is 0 Å². The maximum Gasteiger partial charge on any atom is 0.317 e. The number of carbonyl (C=O) groups excluding carboxylic acids is 3. The Morgan fingerprint density at radius 2 is 1.74 bits per heavy atom. The van der Waals surface area contributed by atoms with Crippen LogP contribution in [-0.2, 0) is 32.3 Å². The summed E-state index contributed by atoms with van der Waals surface area (Å²) in [6.45, 7) is 4.32. The minimum absolute atomic E-state index is 0.114. The van der Waals surface area contributed by atoms with Gasteiger partial charge in [0.25, 0.3) is 0 Å². The predicted octanol–water partition coefficient (Wildman–Crippen LogP) is 1.12. The second kappa shape index (κ2) is 19.4. The van der Waals surface area contributed by atoms with Crippen molar-refractivity contribution in [3.05, 3.63) is 29.3 Å². The summed E-state index contributed by atoms with van der Waals surface area (Å²) < 4.78 is 5.80. The molecule has 0 aliphatic carbocycles. The lowest BCUT2D eigenvalue weighted by molar-refractivity contribution is -0.122. The predicted molar refractivity (Wildman–Crippen MR) is 153 cm³/mol. The maximum absolute atomic E-state index is 12.7. The van der Waals surface area contributed by atoms with Crippen molar-refractivity contribution >= 4 is 48.5 Å². The van der Waals surface area contributed by atoms with Gasteiger partial charge in [0.05, 0.1) is 19.8 Å². The van der Waals surface area contributed by atoms with Crippen molar-refractivity contribution in [2.24, 2.45) is 5.92 Å². The van der Waals surface area contributed by atoms with Crippen molar-refractivity contribution in [2.45, 2.75) is 70.6 Å². The molecule has 1 radical (unpaired) electrons. The Balaban J connectivity index is 2.67. The molecule has 0 aliphatic heterocycles. The Labute approximate surface area is 229 Å². The van der Waals surface area contributed by atoms with E-state index in [4.69, 9.17) is 14.4 Å². The van der Waals surface area contributed by atoms with E-state index in [-0.39, 0.29) is 56.3 Å². The zero-order valence-electron chi connectivity index (χ0n) is 22.6. The molecule has 0 fully saturated rings. The number of nitrogens with zero attached hydrogens (tertiary/aromatic N) is 1. The number of aliphatic hydroxyl groups excluding tert-OH is 1. The van der Waals surface area contributed by atoms with Crippen LogP contribution in [0, 0.1) is 5.92 Å². The van der Waals surface area contributed by atoms with Crippen molar-refractivity contribution in [1.82, 2.24) is 16.0 Å². The second-order valence-electron chi connectivity index (χ2n) is 9.31. The molecule has 0 spiro atoms. The molecule has 3 unspecified atom stereocenters. The lowest BCUT2D eigenvalue weighted by Gasteiger charge is -2.21. The lowest BCUT2D eigenvalue weighted by atomic mass is 9.81. The zero-order chi connectivity index (χ0) is 28.5. The number of unbranched alkanes of at least 4 members (excludes halogenated alkanes) is 1. The Hall–Kier alpha value is -1.65. The summed E-state index contributed by atoms with van der Waals surface area (Å²) in [7, 11) is 3.86. The molecule has 0 aliphatic rings. The van der Waals surface area contributed by atoms with Crippen LogP contribution in [0.3, 0.4) is 0 Å². The van der Waals surface area contributed by atoms with Crippen molar-refractivity contribution < 1.29 is 33.9 Å². The molecule has 3 amide bonds. The van der Waals surface area contributed by atoms with E-state index in [9.17, 15) is 19.5 Å². The molecular formula is C24H42BN4O7P2. The van der Waals surface area contributed by atoms with Gasteiger partial charge < -0.3 is 40.4 Å². The molecule has 1 aromatic rings.